The van der Waals surface area contributed by atoms with Crippen molar-refractivity contribution in [2.75, 3.05) is 9.86 Å². The van der Waals surface area contributed by atoms with Crippen molar-refractivity contribution in [1.29, 1.82) is 0 Å². The van der Waals surface area contributed by atoms with Gasteiger partial charge in [0.1, 0.15) is 0 Å². The van der Waals surface area contributed by atoms with Crippen molar-refractivity contribution < 1.29 is 63.6 Å². The predicted molar refractivity (Wildman–Crippen MR) is 684 cm³/mol. The molecular formula is C134H139I3SeTe12-6. The van der Waals surface area contributed by atoms with Gasteiger partial charge in [0.15, 0.2) is 0 Å². The Hall–Kier alpha value is -2.64. The third-order valence-electron chi connectivity index (χ3n) is 22.7. The summed E-state index contributed by atoms with van der Waals surface area (Å²) in [6.07, 6.45) is 0. The molecule has 22 rings (SSSR count). The van der Waals surface area contributed by atoms with Crippen molar-refractivity contribution in [3.05, 3.63) is 565 Å². The van der Waals surface area contributed by atoms with Crippen LogP contribution in [0.4, 0.5) is 0 Å². The van der Waals surface area contributed by atoms with Crippen LogP contribution < -0.4 is 116 Å². The minimum Gasteiger partial charge on any atom is -0.358 e. The van der Waals surface area contributed by atoms with Crippen LogP contribution in [0.3, 0.4) is 0 Å². The fourth-order valence-electron chi connectivity index (χ4n) is 15.6. The van der Waals surface area contributed by atoms with E-state index in [4.69, 9.17) is 0 Å². The van der Waals surface area contributed by atoms with Crippen molar-refractivity contribution in [1.82, 2.24) is 0 Å². The van der Waals surface area contributed by atoms with Crippen LogP contribution in [-0.2, 0) is 0 Å². The van der Waals surface area contributed by atoms with E-state index in [-0.39, 0.29) is 269 Å². The van der Waals surface area contributed by atoms with Crippen molar-refractivity contribution in [3.8, 4) is 10.8 Å². The van der Waals surface area contributed by atoms with Crippen LogP contribution >= 0.6 is 0 Å². The fraction of sp³-hybridized carbons (Fsp3) is 0.0896. The monoisotopic (exact) mass is 3770 g/mol. The second kappa shape index (κ2) is 72.6. The van der Waals surface area contributed by atoms with Gasteiger partial charge in [0.2, 0.25) is 0 Å². The molecule has 0 spiro atoms. The molecule has 3 heterocycles. The van der Waals surface area contributed by atoms with Gasteiger partial charge in [-0.1, -0.05) is 0 Å². The maximum atomic E-state index is 2.50. The Balaban J connectivity index is 0.000000232. The maximum absolute atomic E-state index is 2.50. The predicted octanol–water partition coefficient (Wildman–Crippen LogP) is 14.9. The average molecular weight is 3740 g/mol. The molecule has 150 heavy (non-hydrogen) atoms. The second-order valence-electron chi connectivity index (χ2n) is 31.8. The molecule has 19 aromatic carbocycles. The van der Waals surface area contributed by atoms with Crippen LogP contribution in [0.25, 0.3) is 63.6 Å². The number of aryl methyl sites for hydroxylation is 1. The van der Waals surface area contributed by atoms with Gasteiger partial charge < -0.3 is 59.4 Å². The van der Waals surface area contributed by atoms with Gasteiger partial charge in [-0.15, -0.1) is 0 Å². The van der Waals surface area contributed by atoms with Crippen molar-refractivity contribution in [2.24, 2.45) is 0 Å². The SMILES string of the molecule is CC[Te]c1ccc2c(c1)c1ccccc1[te+]2-c1ccccc1.C[I-]c1ccc([Te]c2ccccc2)cc1.C[Se+](c1ccccc1)c1ccc([Te]c2ccccc2)cc1.C[Te]c1ccc([I-]C)cc1.C[Te]c1ccc([I-]c2ccccc2)cc1.C[Te]c1ccc([Te+](C)c2ccccc2)cc1.C[Te]c1ccc2c(c1)c1ccccc1[te+]2-c1cccc(C)c1.C[Te]c1ccc2c(c1)c1ccccc1[te+]2-c1ccccc1.[CH3-].[CH3-].[CH3-].[CH3-].[CH3-].[CH3-].[CH3-].[CH3-]. The molecule has 0 amide bonds. The van der Waals surface area contributed by atoms with E-state index < -0.39 is 90.6 Å². The Kier molecular flexibility index (Phi) is 65.0. The Morgan fingerprint density at radius 3 is 0.893 bits per heavy atom. The summed E-state index contributed by atoms with van der Waals surface area (Å²) in [6, 6.07) is 181. The molecule has 1 unspecified atom stereocenters. The summed E-state index contributed by atoms with van der Waals surface area (Å²) in [5.74, 6) is 2.40. The van der Waals surface area contributed by atoms with Crippen molar-refractivity contribution in [3.63, 3.8) is 0 Å². The molecule has 0 radical (unpaired) electrons. The minimum atomic E-state index is -1.65. The Morgan fingerprint density at radius 1 is 0.240 bits per heavy atom. The molecule has 0 saturated heterocycles. The zero-order valence-corrected chi connectivity index (χ0v) is 125. The van der Waals surface area contributed by atoms with Gasteiger partial charge >= 0.3 is 1010 Å². The summed E-state index contributed by atoms with van der Waals surface area (Å²) in [5.41, 5.74) is 1.38. The van der Waals surface area contributed by atoms with Crippen LogP contribution in [0.1, 0.15) is 12.5 Å². The summed E-state index contributed by atoms with van der Waals surface area (Å²) in [4.78, 5) is 18.8. The number of halogens is 3. The van der Waals surface area contributed by atoms with Gasteiger partial charge in [-0.2, -0.15) is 0 Å². The molecule has 0 saturated carbocycles. The van der Waals surface area contributed by atoms with E-state index in [0.717, 1.165) is 0 Å². The number of fused-ring (bicyclic) bond motifs is 9. The molecular weight excluding hydrogens is 3600 g/mol. The van der Waals surface area contributed by atoms with Crippen LogP contribution in [-0.4, -0.2) is 268 Å². The number of hydrogen-bond acceptors (Lipinski definition) is 0. The molecule has 3 aromatic heterocycles. The zero-order chi connectivity index (χ0) is 98.6. The summed E-state index contributed by atoms with van der Waals surface area (Å²) >= 11 is -6.56. The smallest absolute Gasteiger partial charge is 0.358 e. The van der Waals surface area contributed by atoms with Crippen LogP contribution in [0.5, 0.6) is 0 Å². The number of hydrogen-bond donors (Lipinski definition) is 0. The van der Waals surface area contributed by atoms with Gasteiger partial charge in [-0.05, 0) is 0 Å². The molecule has 0 N–H and O–H groups in total. The summed E-state index contributed by atoms with van der Waals surface area (Å²) < 4.78 is 43.6. The topological polar surface area (TPSA) is 0 Å². The first-order chi connectivity index (χ1) is 69.8. The quantitative estimate of drug-likeness (QED) is 0.0275. The third kappa shape index (κ3) is 39.1. The van der Waals surface area contributed by atoms with Crippen LogP contribution in [0.15, 0.2) is 485 Å². The number of rotatable bonds is 22. The van der Waals surface area contributed by atoms with E-state index in [9.17, 15) is 0 Å². The summed E-state index contributed by atoms with van der Waals surface area (Å²) in [7, 11) is 0. The van der Waals surface area contributed by atoms with Gasteiger partial charge in [-0.3, -0.25) is 0 Å². The number of alkyl halides is 2. The Bertz CT molecular complexity index is 7510. The molecule has 780 valence electrons. The average Bonchev–Trinajstić information content (AvgIpc) is 1.60. The van der Waals surface area contributed by atoms with Crippen molar-refractivity contribution in [2.45, 2.75) is 54.0 Å². The molecule has 0 aliphatic carbocycles. The van der Waals surface area contributed by atoms with E-state index in [1.165, 1.54) is 76.4 Å². The third-order valence-corrected chi connectivity index (χ3v) is 77.8. The van der Waals surface area contributed by atoms with Crippen molar-refractivity contribution >= 4 is 363 Å². The van der Waals surface area contributed by atoms with E-state index in [0.29, 0.717) is 21.2 Å². The summed E-state index contributed by atoms with van der Waals surface area (Å²) in [5, 5.41) is 9.08. The Labute approximate surface area is 1050 Å². The van der Waals surface area contributed by atoms with Crippen LogP contribution in [0.2, 0.25) is 40.1 Å². The zero-order valence-electron chi connectivity index (χ0n) is 89.3. The molecule has 0 aliphatic rings. The molecule has 0 nitrogen and oxygen atoms in total. The van der Waals surface area contributed by atoms with E-state index in [1.54, 1.807) is 63.7 Å². The van der Waals surface area contributed by atoms with E-state index in [2.05, 4.69) is 545 Å². The van der Waals surface area contributed by atoms with Gasteiger partial charge in [0.25, 0.3) is 0 Å². The first-order valence-electron chi connectivity index (χ1n) is 46.3. The van der Waals surface area contributed by atoms with E-state index >= 15 is 0 Å². The molecule has 0 fully saturated rings. The number of benzene rings is 19. The van der Waals surface area contributed by atoms with Gasteiger partial charge in [0.05, 0.1) is 0 Å². The second-order valence-corrected chi connectivity index (χ2v) is 89.0. The molecule has 22 aromatic rings. The minimum absolute atomic E-state index is 0. The molecule has 16 heteroatoms. The van der Waals surface area contributed by atoms with E-state index in [1.807, 2.05) is 0 Å². The molecule has 0 aliphatic heterocycles. The molecule has 0 bridgehead atoms. The molecule has 1 atom stereocenters. The normalized spacial score (nSPS) is 10.5. The first-order valence-corrected chi connectivity index (χ1v) is 98.5. The Morgan fingerprint density at radius 2 is 0.513 bits per heavy atom. The van der Waals surface area contributed by atoms with Gasteiger partial charge in [0, 0.05) is 0 Å². The summed E-state index contributed by atoms with van der Waals surface area (Å²) in [6.45, 7) is 4.52. The largest absolute Gasteiger partial charge is 0.358 e. The maximum Gasteiger partial charge on any atom is -0.358 e. The standard InChI is InChI=1S/2C20H17Te2.C19H17SeTe.C19H15Te2.C14H15Te2.2C13H12ITe.C8H10ITe.8CH3/c1-14-6-5-7-16(12-14)22-19-9-4-3-8-17(19)18-13-15(21-2)10-11-20(18)22;1-2-21-15-12-13-20-18(14-15)17-10-6-7-11-19(17)22(20)16-8-4-3-5-9-16;1-20(16-8-4-2-5-9-16)17-12-14-19(15-13-17)21-18-10-6-3-7-11-18;1-20-14-11-12-19-17(13-14)16-9-5-6-10-18(16)21(19)15-7-3-2-4-8-15;1-15-12-8-10-14(11-9-12)16(2)13-6-4-3-5-7-13;1-14-11-7-9-13(10-8-11)15-12-5-3-2-4-6-12;1-15-13-9-7-12(8-10-13)14-11-5-3-2-4-6-11;1-9-7-3-5-8(10-2)6-4-7;;;;;;;;/h3-13H,1-2H3;3-14H,2H2,1H3;2-15H,1H3;2-13H,1H3;3-11H,1-2H3;2*2-10H,1H3;3-6H,1-2H3;8*1H3/q5*+1;11*-1. The van der Waals surface area contributed by atoms with Crippen LogP contribution in [0, 0.1) is 80.6 Å². The fourth-order valence-corrected chi connectivity index (χ4v) is 60.2. The first kappa shape index (κ1) is 134. The van der Waals surface area contributed by atoms with Gasteiger partial charge in [-0.25, -0.2) is 0 Å².